The van der Waals surface area contributed by atoms with Crippen molar-refractivity contribution in [3.63, 3.8) is 0 Å². The fourth-order valence-electron chi connectivity index (χ4n) is 2.38. The first-order chi connectivity index (χ1) is 8.85. The van der Waals surface area contributed by atoms with Gasteiger partial charge in [-0.05, 0) is 31.7 Å². The van der Waals surface area contributed by atoms with Crippen LogP contribution in [0, 0.1) is 18.8 Å². The van der Waals surface area contributed by atoms with Crippen molar-refractivity contribution < 1.29 is 4.79 Å². The lowest BCUT2D eigenvalue weighted by Gasteiger charge is -2.16. The van der Waals surface area contributed by atoms with Gasteiger partial charge in [-0.2, -0.15) is 5.10 Å². The summed E-state index contributed by atoms with van der Waals surface area (Å²) in [7, 11) is 1.82. The Balaban J connectivity index is 2.64. The largest absolute Gasteiger partial charge is 0.330 e. The number of halogens is 1. The number of carbonyl (C=O) groups excluding carboxylic acids is 1. The van der Waals surface area contributed by atoms with Crippen molar-refractivity contribution in [3.8, 4) is 0 Å². The molecule has 0 aliphatic heterocycles. The molecule has 1 rings (SSSR count). The average molecular weight is 286 g/mol. The standard InChI is InChI=1S/C14H24ClN3O/c1-9(2)5-11(8-16)6-12(19)7-13-14(15)10(3)17-18(13)4/h9,11H,5-8,16H2,1-4H3. The number of carbonyl (C=O) groups is 1. The van der Waals surface area contributed by atoms with E-state index in [0.717, 1.165) is 17.8 Å². The van der Waals surface area contributed by atoms with E-state index >= 15 is 0 Å². The first-order valence-electron chi connectivity index (χ1n) is 6.74. The summed E-state index contributed by atoms with van der Waals surface area (Å²) < 4.78 is 1.69. The number of nitrogens with zero attached hydrogens (tertiary/aromatic N) is 2. The van der Waals surface area contributed by atoms with E-state index in [1.807, 2.05) is 14.0 Å². The van der Waals surface area contributed by atoms with E-state index in [9.17, 15) is 4.79 Å². The van der Waals surface area contributed by atoms with Crippen molar-refractivity contribution in [2.75, 3.05) is 6.54 Å². The number of hydrogen-bond acceptors (Lipinski definition) is 3. The molecule has 0 aliphatic carbocycles. The van der Waals surface area contributed by atoms with Gasteiger partial charge in [0.05, 0.1) is 16.4 Å². The Hall–Kier alpha value is -0.870. The van der Waals surface area contributed by atoms with Gasteiger partial charge in [0.15, 0.2) is 0 Å². The van der Waals surface area contributed by atoms with E-state index in [1.165, 1.54) is 0 Å². The highest BCUT2D eigenvalue weighted by molar-refractivity contribution is 6.32. The Morgan fingerprint density at radius 2 is 2.11 bits per heavy atom. The lowest BCUT2D eigenvalue weighted by molar-refractivity contribution is -0.119. The molecule has 1 heterocycles. The normalized spacial score (nSPS) is 13.0. The average Bonchev–Trinajstić information content (AvgIpc) is 2.54. The minimum atomic E-state index is 0.181. The van der Waals surface area contributed by atoms with Crippen LogP contribution < -0.4 is 5.73 Å². The van der Waals surface area contributed by atoms with E-state index in [-0.39, 0.29) is 11.7 Å². The highest BCUT2D eigenvalue weighted by Crippen LogP contribution is 2.22. The van der Waals surface area contributed by atoms with Crippen molar-refractivity contribution in [1.29, 1.82) is 0 Å². The number of aromatic nitrogens is 2. The van der Waals surface area contributed by atoms with Crippen LogP contribution in [0.25, 0.3) is 0 Å². The van der Waals surface area contributed by atoms with Gasteiger partial charge in [0.25, 0.3) is 0 Å². The van der Waals surface area contributed by atoms with Crippen LogP contribution in [-0.2, 0) is 18.3 Å². The minimum absolute atomic E-state index is 0.181. The fourth-order valence-corrected chi connectivity index (χ4v) is 2.61. The summed E-state index contributed by atoms with van der Waals surface area (Å²) in [6, 6.07) is 0. The maximum atomic E-state index is 12.1. The molecule has 0 saturated heterocycles. The third kappa shape index (κ3) is 4.62. The van der Waals surface area contributed by atoms with Crippen molar-refractivity contribution in [2.45, 2.75) is 40.0 Å². The summed E-state index contributed by atoms with van der Waals surface area (Å²) in [5, 5.41) is 4.82. The second-order valence-electron chi connectivity index (χ2n) is 5.62. The van der Waals surface area contributed by atoms with Gasteiger partial charge in [-0.1, -0.05) is 25.4 Å². The lowest BCUT2D eigenvalue weighted by atomic mass is 9.91. The van der Waals surface area contributed by atoms with Crippen molar-refractivity contribution in [1.82, 2.24) is 9.78 Å². The molecule has 0 aromatic carbocycles. The van der Waals surface area contributed by atoms with Crippen LogP contribution in [-0.4, -0.2) is 22.1 Å². The van der Waals surface area contributed by atoms with E-state index in [4.69, 9.17) is 17.3 Å². The second kappa shape index (κ2) is 7.06. The Bertz CT molecular complexity index is 440. The predicted octanol–water partition coefficient (Wildman–Crippen LogP) is 2.50. The van der Waals surface area contributed by atoms with Gasteiger partial charge < -0.3 is 5.73 Å². The van der Waals surface area contributed by atoms with Gasteiger partial charge >= 0.3 is 0 Å². The van der Waals surface area contributed by atoms with Gasteiger partial charge in [0, 0.05) is 19.9 Å². The molecule has 4 nitrogen and oxygen atoms in total. The molecule has 0 bridgehead atoms. The SMILES string of the molecule is Cc1nn(C)c(CC(=O)CC(CN)CC(C)C)c1Cl. The summed E-state index contributed by atoms with van der Waals surface area (Å²) in [5.41, 5.74) is 7.29. The lowest BCUT2D eigenvalue weighted by Crippen LogP contribution is -2.21. The quantitative estimate of drug-likeness (QED) is 0.837. The number of rotatable bonds is 7. The molecule has 0 fully saturated rings. The van der Waals surface area contributed by atoms with Gasteiger partial charge in [0.1, 0.15) is 5.78 Å². The summed E-state index contributed by atoms with van der Waals surface area (Å²) in [6.07, 6.45) is 1.85. The first-order valence-corrected chi connectivity index (χ1v) is 7.12. The summed E-state index contributed by atoms with van der Waals surface area (Å²) in [6.45, 7) is 6.70. The maximum Gasteiger partial charge on any atom is 0.139 e. The molecule has 0 aliphatic rings. The molecule has 1 aromatic rings. The molecule has 2 N–H and O–H groups in total. The minimum Gasteiger partial charge on any atom is -0.330 e. The third-order valence-corrected chi connectivity index (χ3v) is 3.77. The van der Waals surface area contributed by atoms with Gasteiger partial charge in [-0.15, -0.1) is 0 Å². The van der Waals surface area contributed by atoms with E-state index in [0.29, 0.717) is 30.3 Å². The molecule has 0 amide bonds. The molecule has 1 unspecified atom stereocenters. The Morgan fingerprint density at radius 1 is 1.47 bits per heavy atom. The molecule has 1 atom stereocenters. The molecule has 0 saturated carbocycles. The molecule has 5 heteroatoms. The topological polar surface area (TPSA) is 60.9 Å². The van der Waals surface area contributed by atoms with Crippen LogP contribution in [0.15, 0.2) is 0 Å². The summed E-state index contributed by atoms with van der Waals surface area (Å²) >= 11 is 6.15. The number of hydrogen-bond donors (Lipinski definition) is 1. The number of aryl methyl sites for hydroxylation is 2. The Kier molecular flexibility index (Phi) is 6.01. The summed E-state index contributed by atoms with van der Waals surface area (Å²) in [4.78, 5) is 12.1. The molecular formula is C14H24ClN3O. The molecule has 19 heavy (non-hydrogen) atoms. The van der Waals surface area contributed by atoms with E-state index in [2.05, 4.69) is 18.9 Å². The summed E-state index contributed by atoms with van der Waals surface area (Å²) in [5.74, 6) is 1.01. The van der Waals surface area contributed by atoms with Crippen molar-refractivity contribution >= 4 is 17.4 Å². The zero-order valence-electron chi connectivity index (χ0n) is 12.2. The Labute approximate surface area is 120 Å². The highest BCUT2D eigenvalue weighted by Gasteiger charge is 2.18. The van der Waals surface area contributed by atoms with Crippen LogP contribution >= 0.6 is 11.6 Å². The van der Waals surface area contributed by atoms with Crippen LogP contribution in [0.4, 0.5) is 0 Å². The molecule has 0 radical (unpaired) electrons. The van der Waals surface area contributed by atoms with Gasteiger partial charge in [0.2, 0.25) is 0 Å². The van der Waals surface area contributed by atoms with Crippen LogP contribution in [0.3, 0.4) is 0 Å². The molecule has 108 valence electrons. The van der Waals surface area contributed by atoms with Crippen LogP contribution in [0.5, 0.6) is 0 Å². The smallest absolute Gasteiger partial charge is 0.139 e. The first kappa shape index (κ1) is 16.2. The second-order valence-corrected chi connectivity index (χ2v) is 6.00. The number of nitrogens with two attached hydrogens (primary N) is 1. The van der Waals surface area contributed by atoms with E-state index in [1.54, 1.807) is 4.68 Å². The zero-order valence-corrected chi connectivity index (χ0v) is 13.0. The van der Waals surface area contributed by atoms with E-state index < -0.39 is 0 Å². The predicted molar refractivity (Wildman–Crippen MR) is 78.3 cm³/mol. The van der Waals surface area contributed by atoms with Crippen molar-refractivity contribution in [2.24, 2.45) is 24.6 Å². The fraction of sp³-hybridized carbons (Fsp3) is 0.714. The molecule has 0 spiro atoms. The third-order valence-electron chi connectivity index (χ3n) is 3.28. The Morgan fingerprint density at radius 3 is 2.53 bits per heavy atom. The maximum absolute atomic E-state index is 12.1. The van der Waals surface area contributed by atoms with Gasteiger partial charge in [-0.3, -0.25) is 9.48 Å². The van der Waals surface area contributed by atoms with Crippen molar-refractivity contribution in [3.05, 3.63) is 16.4 Å². The highest BCUT2D eigenvalue weighted by atomic mass is 35.5. The molecular weight excluding hydrogens is 262 g/mol. The zero-order chi connectivity index (χ0) is 14.6. The van der Waals surface area contributed by atoms with Crippen LogP contribution in [0.2, 0.25) is 5.02 Å². The number of Topliss-reactive ketones (excluding diaryl/α,β-unsaturated/α-hetero) is 1. The van der Waals surface area contributed by atoms with Gasteiger partial charge in [-0.25, -0.2) is 0 Å². The number of ketones is 1. The molecule has 1 aromatic heterocycles. The monoisotopic (exact) mass is 285 g/mol. The van der Waals surface area contributed by atoms with Crippen LogP contribution in [0.1, 0.15) is 38.1 Å².